The van der Waals surface area contributed by atoms with Gasteiger partial charge in [-0.05, 0) is 36.6 Å². The third-order valence-electron chi connectivity index (χ3n) is 2.27. The number of halogens is 1. The van der Waals surface area contributed by atoms with Crippen LogP contribution in [-0.2, 0) is 0 Å². The molecule has 0 aliphatic rings. The summed E-state index contributed by atoms with van der Waals surface area (Å²) >= 11 is 0. The second-order valence-corrected chi connectivity index (χ2v) is 4.29. The third kappa shape index (κ3) is 4.23. The van der Waals surface area contributed by atoms with Gasteiger partial charge >= 0.3 is 0 Å². The Balaban J connectivity index is 2.65. The quantitative estimate of drug-likeness (QED) is 0.870. The number of nitrogens with zero attached hydrogens (tertiary/aromatic N) is 1. The van der Waals surface area contributed by atoms with Gasteiger partial charge in [0, 0.05) is 5.56 Å². The fraction of sp³-hybridized carbons (Fsp3) is 0.385. The van der Waals surface area contributed by atoms with Gasteiger partial charge in [-0.1, -0.05) is 13.8 Å². The minimum atomic E-state index is -0.507. The molecule has 0 saturated carbocycles. The number of amides is 1. The average Bonchev–Trinajstić information content (AvgIpc) is 2.28. The third-order valence-corrected chi connectivity index (χ3v) is 2.27. The van der Waals surface area contributed by atoms with E-state index in [9.17, 15) is 9.18 Å². The molecule has 1 aromatic carbocycles. The van der Waals surface area contributed by atoms with Crippen molar-refractivity contribution in [1.29, 1.82) is 5.26 Å². The van der Waals surface area contributed by atoms with E-state index in [0.717, 1.165) is 0 Å². The molecule has 4 heteroatoms. The van der Waals surface area contributed by atoms with E-state index in [-0.39, 0.29) is 11.7 Å². The molecule has 0 unspecified atom stereocenters. The smallest absolute Gasteiger partial charge is 0.252 e. The Morgan fingerprint density at radius 3 is 2.47 bits per heavy atom. The molecule has 0 aliphatic heterocycles. The lowest BCUT2D eigenvalue weighted by Gasteiger charge is -2.13. The van der Waals surface area contributed by atoms with Gasteiger partial charge in [-0.15, -0.1) is 0 Å². The number of carbonyl (C=O) groups is 1. The maximum Gasteiger partial charge on any atom is 0.252 e. The first-order chi connectivity index (χ1) is 8.02. The van der Waals surface area contributed by atoms with Crippen LogP contribution in [-0.4, -0.2) is 11.9 Å². The van der Waals surface area contributed by atoms with Crippen molar-refractivity contribution in [3.05, 3.63) is 35.6 Å². The summed E-state index contributed by atoms with van der Waals surface area (Å²) in [6.07, 6.45) is 0.601. The maximum absolute atomic E-state index is 12.7. The summed E-state index contributed by atoms with van der Waals surface area (Å²) < 4.78 is 12.7. The molecule has 17 heavy (non-hydrogen) atoms. The highest BCUT2D eigenvalue weighted by atomic mass is 19.1. The van der Waals surface area contributed by atoms with Crippen LogP contribution >= 0.6 is 0 Å². The van der Waals surface area contributed by atoms with E-state index < -0.39 is 6.04 Å². The molecule has 0 bridgehead atoms. The number of rotatable bonds is 4. The van der Waals surface area contributed by atoms with Crippen molar-refractivity contribution in [3.63, 3.8) is 0 Å². The Kier molecular flexibility index (Phi) is 4.65. The normalized spacial score (nSPS) is 11.9. The fourth-order valence-electron chi connectivity index (χ4n) is 1.46. The standard InChI is InChI=1S/C13H15FN2O/c1-9(2)7-12(8-15)16-13(17)10-3-5-11(14)6-4-10/h3-6,9,12H,7H2,1-2H3,(H,16,17)/t12-/m1/s1. The lowest BCUT2D eigenvalue weighted by atomic mass is 10.0. The topological polar surface area (TPSA) is 52.9 Å². The minimum absolute atomic E-state index is 0.327. The van der Waals surface area contributed by atoms with E-state index >= 15 is 0 Å². The zero-order valence-corrected chi connectivity index (χ0v) is 9.90. The molecular formula is C13H15FN2O. The molecule has 0 radical (unpaired) electrons. The highest BCUT2D eigenvalue weighted by molar-refractivity contribution is 5.94. The maximum atomic E-state index is 12.7. The second kappa shape index (κ2) is 6.00. The molecule has 0 aromatic heterocycles. The monoisotopic (exact) mass is 234 g/mol. The predicted molar refractivity (Wildman–Crippen MR) is 62.7 cm³/mol. The van der Waals surface area contributed by atoms with Crippen molar-refractivity contribution < 1.29 is 9.18 Å². The number of nitriles is 1. The molecule has 1 atom stereocenters. The molecule has 1 amide bonds. The largest absolute Gasteiger partial charge is 0.336 e. The van der Waals surface area contributed by atoms with Crippen LogP contribution in [0.2, 0.25) is 0 Å². The van der Waals surface area contributed by atoms with E-state index in [1.165, 1.54) is 24.3 Å². The van der Waals surface area contributed by atoms with E-state index in [0.29, 0.717) is 17.9 Å². The summed E-state index contributed by atoms with van der Waals surface area (Å²) in [7, 11) is 0. The van der Waals surface area contributed by atoms with Gasteiger partial charge < -0.3 is 5.32 Å². The second-order valence-electron chi connectivity index (χ2n) is 4.29. The molecule has 1 N–H and O–H groups in total. The number of hydrogen-bond donors (Lipinski definition) is 1. The van der Waals surface area contributed by atoms with Gasteiger partial charge in [0.2, 0.25) is 0 Å². The summed E-state index contributed by atoms with van der Waals surface area (Å²) in [5.41, 5.74) is 0.357. The van der Waals surface area contributed by atoms with Gasteiger partial charge in [-0.25, -0.2) is 4.39 Å². The summed E-state index contributed by atoms with van der Waals surface area (Å²) in [5, 5.41) is 11.5. The van der Waals surface area contributed by atoms with Gasteiger partial charge in [0.25, 0.3) is 5.91 Å². The number of carbonyl (C=O) groups excluding carboxylic acids is 1. The Bertz CT molecular complexity index is 420. The lowest BCUT2D eigenvalue weighted by Crippen LogP contribution is -2.34. The molecule has 0 fully saturated rings. The molecule has 3 nitrogen and oxygen atoms in total. The van der Waals surface area contributed by atoms with Crippen molar-refractivity contribution >= 4 is 5.91 Å². The number of benzene rings is 1. The predicted octanol–water partition coefficient (Wildman–Crippen LogP) is 2.49. The van der Waals surface area contributed by atoms with Crippen LogP contribution in [0.1, 0.15) is 30.6 Å². The number of nitrogens with one attached hydrogen (secondary N) is 1. The molecule has 1 rings (SSSR count). The van der Waals surface area contributed by atoms with Crippen LogP contribution in [0.15, 0.2) is 24.3 Å². The van der Waals surface area contributed by atoms with Gasteiger partial charge in [0.05, 0.1) is 6.07 Å². The zero-order chi connectivity index (χ0) is 12.8. The van der Waals surface area contributed by atoms with E-state index in [1.807, 2.05) is 19.9 Å². The fourth-order valence-corrected chi connectivity index (χ4v) is 1.46. The van der Waals surface area contributed by atoms with Crippen LogP contribution in [0.5, 0.6) is 0 Å². The van der Waals surface area contributed by atoms with Crippen LogP contribution < -0.4 is 5.32 Å². The molecule has 0 saturated heterocycles. The highest BCUT2D eigenvalue weighted by Gasteiger charge is 2.14. The summed E-state index contributed by atoms with van der Waals surface area (Å²) in [5.74, 6) is -0.411. The first kappa shape index (κ1) is 13.2. The van der Waals surface area contributed by atoms with Crippen molar-refractivity contribution in [1.82, 2.24) is 5.32 Å². The van der Waals surface area contributed by atoms with Crippen molar-refractivity contribution in [2.45, 2.75) is 26.3 Å². The van der Waals surface area contributed by atoms with Crippen LogP contribution in [0, 0.1) is 23.1 Å². The Morgan fingerprint density at radius 2 is 2.00 bits per heavy atom. The Morgan fingerprint density at radius 1 is 1.41 bits per heavy atom. The molecular weight excluding hydrogens is 219 g/mol. The first-order valence-corrected chi connectivity index (χ1v) is 5.49. The van der Waals surface area contributed by atoms with Crippen molar-refractivity contribution in [2.24, 2.45) is 5.92 Å². The van der Waals surface area contributed by atoms with Gasteiger partial charge in [-0.3, -0.25) is 4.79 Å². The summed E-state index contributed by atoms with van der Waals surface area (Å²) in [6, 6.07) is 6.77. The zero-order valence-electron chi connectivity index (χ0n) is 9.90. The van der Waals surface area contributed by atoms with Crippen LogP contribution in [0.25, 0.3) is 0 Å². The minimum Gasteiger partial charge on any atom is -0.336 e. The average molecular weight is 234 g/mol. The summed E-state index contributed by atoms with van der Waals surface area (Å²) in [6.45, 7) is 3.96. The highest BCUT2D eigenvalue weighted by Crippen LogP contribution is 2.06. The van der Waals surface area contributed by atoms with Gasteiger partial charge in [-0.2, -0.15) is 5.26 Å². The van der Waals surface area contributed by atoms with Crippen LogP contribution in [0.4, 0.5) is 4.39 Å². The first-order valence-electron chi connectivity index (χ1n) is 5.49. The van der Waals surface area contributed by atoms with E-state index in [1.54, 1.807) is 0 Å². The van der Waals surface area contributed by atoms with Gasteiger partial charge in [0.1, 0.15) is 11.9 Å². The van der Waals surface area contributed by atoms with Crippen molar-refractivity contribution in [2.75, 3.05) is 0 Å². The molecule has 90 valence electrons. The lowest BCUT2D eigenvalue weighted by molar-refractivity contribution is 0.0942. The summed E-state index contributed by atoms with van der Waals surface area (Å²) in [4.78, 5) is 11.7. The molecule has 0 heterocycles. The van der Waals surface area contributed by atoms with E-state index in [4.69, 9.17) is 5.26 Å². The SMILES string of the molecule is CC(C)C[C@H](C#N)NC(=O)c1ccc(F)cc1. The van der Waals surface area contributed by atoms with Gasteiger partial charge in [0.15, 0.2) is 0 Å². The molecule has 1 aromatic rings. The Hall–Kier alpha value is -1.89. The molecule has 0 spiro atoms. The van der Waals surface area contributed by atoms with E-state index in [2.05, 4.69) is 5.32 Å². The van der Waals surface area contributed by atoms with Crippen molar-refractivity contribution in [3.8, 4) is 6.07 Å². The molecule has 0 aliphatic carbocycles. The van der Waals surface area contributed by atoms with Crippen LogP contribution in [0.3, 0.4) is 0 Å². The number of hydrogen-bond acceptors (Lipinski definition) is 2. The Labute approximate surface area is 100 Å².